The monoisotopic (exact) mass is 264 g/mol. The largest absolute Gasteiger partial charge is 1.00 e. The molecule has 0 saturated carbocycles. The van der Waals surface area contributed by atoms with E-state index in [0.717, 1.165) is 0 Å². The minimum Gasteiger partial charge on any atom is -1.00 e. The average Bonchev–Trinajstić information content (AvgIpc) is 2.16. The Morgan fingerprint density at radius 1 is 0.846 bits per heavy atom. The first-order valence-electron chi connectivity index (χ1n) is 3.80. The maximum atomic E-state index is 2.25. The van der Waals surface area contributed by atoms with Gasteiger partial charge < -0.3 is 12.4 Å². The maximum Gasteiger partial charge on any atom is 0.137 e. The summed E-state index contributed by atoms with van der Waals surface area (Å²) in [6, 6.07) is 12.5. The van der Waals surface area contributed by atoms with Gasteiger partial charge in [-0.25, -0.2) is 0 Å². The second-order valence-corrected chi connectivity index (χ2v) is 4.25. The molecule has 3 heteroatoms. The van der Waals surface area contributed by atoms with Crippen LogP contribution in [-0.2, 0) is 25.2 Å². The van der Waals surface area contributed by atoms with Gasteiger partial charge in [-0.05, 0) is 29.5 Å². The number of aryl methyl sites for hydroxylation is 1. The Bertz CT molecular complexity index is 235. The standard InChI is InChI=1S/C10H13S.ClH.Zn/c1-2-11-9-7-5-3-4-6-8-10-11;;/h3-10H,2H2,1H3;1H;/q+1;;/p-1. The molecule has 68 valence electrons. The van der Waals surface area contributed by atoms with Crippen LogP contribution in [0, 0.1) is 0 Å². The van der Waals surface area contributed by atoms with E-state index < -0.39 is 0 Å². The fourth-order valence-electron chi connectivity index (χ4n) is 0.787. The molecule has 1 rings (SSSR count). The smallest absolute Gasteiger partial charge is 0.137 e. The Morgan fingerprint density at radius 2 is 1.23 bits per heavy atom. The van der Waals surface area contributed by atoms with E-state index in [0.29, 0.717) is 10.5 Å². The van der Waals surface area contributed by atoms with Crippen molar-refractivity contribution in [3.05, 3.63) is 47.2 Å². The van der Waals surface area contributed by atoms with Crippen LogP contribution in [-0.4, -0.2) is 0 Å². The first kappa shape index (κ1) is 15.6. The van der Waals surface area contributed by atoms with Gasteiger partial charge in [-0.1, -0.05) is 24.3 Å². The van der Waals surface area contributed by atoms with E-state index in [4.69, 9.17) is 0 Å². The molecular weight excluding hydrogens is 253 g/mol. The Hall–Kier alpha value is 0.0934. The van der Waals surface area contributed by atoms with Crippen LogP contribution < -0.4 is 12.4 Å². The number of rotatable bonds is 1. The van der Waals surface area contributed by atoms with Gasteiger partial charge in [-0.15, -0.1) is 0 Å². The maximum absolute atomic E-state index is 2.25. The van der Waals surface area contributed by atoms with Crippen LogP contribution in [0.25, 0.3) is 0 Å². The summed E-state index contributed by atoms with van der Waals surface area (Å²) >= 11 is 0. The van der Waals surface area contributed by atoms with Gasteiger partial charge in [0.05, 0.1) is 0 Å². The van der Waals surface area contributed by atoms with Crippen LogP contribution in [0.1, 0.15) is 6.92 Å². The van der Waals surface area contributed by atoms with Gasteiger partial charge in [0.25, 0.3) is 0 Å². The molecule has 0 nitrogen and oxygen atoms in total. The van der Waals surface area contributed by atoms with Crippen LogP contribution in [0.2, 0.25) is 0 Å². The summed E-state index contributed by atoms with van der Waals surface area (Å²) in [4.78, 5) is 0. The molecule has 0 unspecified atom stereocenters. The normalized spacial score (nSPS) is 7.46. The van der Waals surface area contributed by atoms with E-state index in [1.165, 1.54) is 5.75 Å². The van der Waals surface area contributed by atoms with E-state index in [9.17, 15) is 0 Å². The van der Waals surface area contributed by atoms with Crippen molar-refractivity contribution in [2.24, 2.45) is 0 Å². The second-order valence-electron chi connectivity index (χ2n) is 2.18. The van der Waals surface area contributed by atoms with E-state index >= 15 is 0 Å². The summed E-state index contributed by atoms with van der Waals surface area (Å²) in [5, 5.41) is 4.50. The molecule has 0 aliphatic rings. The van der Waals surface area contributed by atoms with Crippen molar-refractivity contribution < 1.29 is 31.9 Å². The number of hydrogen-bond donors (Lipinski definition) is 0. The molecule has 0 spiro atoms. The van der Waals surface area contributed by atoms with Crippen LogP contribution in [0.5, 0.6) is 0 Å². The van der Waals surface area contributed by atoms with E-state index in [2.05, 4.69) is 41.9 Å². The molecule has 0 amide bonds. The van der Waals surface area contributed by atoms with Crippen molar-refractivity contribution >= 4 is 10.5 Å². The molecule has 0 aliphatic carbocycles. The van der Waals surface area contributed by atoms with Crippen molar-refractivity contribution in [3.63, 3.8) is 0 Å². The molecule has 0 radical (unpaired) electrons. The zero-order chi connectivity index (χ0) is 7.94. The quantitative estimate of drug-likeness (QED) is 0.515. The summed E-state index contributed by atoms with van der Waals surface area (Å²) in [6.45, 7) is 2.21. The molecule has 13 heavy (non-hydrogen) atoms. The van der Waals surface area contributed by atoms with Crippen LogP contribution in [0.4, 0.5) is 0 Å². The number of hydrogen-bond acceptors (Lipinski definition) is 0. The summed E-state index contributed by atoms with van der Waals surface area (Å²) in [5.41, 5.74) is 0. The van der Waals surface area contributed by atoms with Gasteiger partial charge in [0.1, 0.15) is 16.5 Å². The van der Waals surface area contributed by atoms with Gasteiger partial charge in [-0.3, -0.25) is 0 Å². The third-order valence-electron chi connectivity index (χ3n) is 1.40. The van der Waals surface area contributed by atoms with Gasteiger partial charge in [-0.2, -0.15) is 0 Å². The number of halogens is 1. The molecule has 0 aromatic carbocycles. The predicted octanol–water partition coefficient (Wildman–Crippen LogP) is 0.581. The summed E-state index contributed by atoms with van der Waals surface area (Å²) in [5.74, 6) is 1.20. The molecular formula is C10H13ClSZn. The van der Waals surface area contributed by atoms with Crippen molar-refractivity contribution in [2.45, 2.75) is 12.7 Å². The topological polar surface area (TPSA) is 0 Å². The molecule has 0 aliphatic heterocycles. The SMILES string of the molecule is CC[s+]1cccccccc1.[Cl-].[Zn]. The first-order chi connectivity index (χ1) is 5.43. The van der Waals surface area contributed by atoms with E-state index in [1.54, 1.807) is 0 Å². The molecule has 0 N–H and O–H groups in total. The van der Waals surface area contributed by atoms with Crippen molar-refractivity contribution in [1.82, 2.24) is 0 Å². The zero-order valence-electron chi connectivity index (χ0n) is 7.82. The molecule has 0 fully saturated rings. The minimum atomic E-state index is 0. The Labute approximate surface area is 102 Å². The Kier molecular flexibility index (Phi) is 12.2. The Balaban J connectivity index is 0. The van der Waals surface area contributed by atoms with Gasteiger partial charge >= 0.3 is 0 Å². The predicted molar refractivity (Wildman–Crippen MR) is 52.2 cm³/mol. The fourth-order valence-corrected chi connectivity index (χ4v) is 1.85. The van der Waals surface area contributed by atoms with Gasteiger partial charge in [0, 0.05) is 19.5 Å². The second kappa shape index (κ2) is 10.2. The molecule has 1 aromatic rings. The first-order valence-corrected chi connectivity index (χ1v) is 5.32. The zero-order valence-corrected chi connectivity index (χ0v) is 12.4. The third kappa shape index (κ3) is 7.19. The van der Waals surface area contributed by atoms with Crippen LogP contribution in [0.3, 0.4) is 0 Å². The van der Waals surface area contributed by atoms with E-state index in [1.807, 2.05) is 12.1 Å². The van der Waals surface area contributed by atoms with Gasteiger partial charge in [0.15, 0.2) is 0 Å². The van der Waals surface area contributed by atoms with Crippen molar-refractivity contribution in [3.8, 4) is 0 Å². The molecule has 0 saturated heterocycles. The van der Waals surface area contributed by atoms with Crippen LogP contribution >= 0.6 is 10.5 Å². The molecule has 0 bridgehead atoms. The molecule has 1 aromatic heterocycles. The van der Waals surface area contributed by atoms with Crippen molar-refractivity contribution in [1.29, 1.82) is 0 Å². The van der Waals surface area contributed by atoms with Crippen molar-refractivity contribution in [2.75, 3.05) is 0 Å². The summed E-state index contributed by atoms with van der Waals surface area (Å²) in [7, 11) is 0.345. The minimum absolute atomic E-state index is 0. The van der Waals surface area contributed by atoms with Gasteiger partial charge in [0.2, 0.25) is 0 Å². The summed E-state index contributed by atoms with van der Waals surface area (Å²) in [6.07, 6.45) is 0. The Morgan fingerprint density at radius 3 is 1.62 bits per heavy atom. The average molecular weight is 266 g/mol. The molecule has 1 heterocycles. The molecule has 0 atom stereocenters. The summed E-state index contributed by atoms with van der Waals surface area (Å²) < 4.78 is 0. The van der Waals surface area contributed by atoms with Crippen LogP contribution in [0.15, 0.2) is 47.2 Å². The van der Waals surface area contributed by atoms with E-state index in [-0.39, 0.29) is 31.9 Å². The fraction of sp³-hybridized carbons (Fsp3) is 0.200. The third-order valence-corrected chi connectivity index (χ3v) is 3.08.